The molecule has 1 unspecified atom stereocenters. The number of thiazole rings is 1. The summed E-state index contributed by atoms with van der Waals surface area (Å²) in [5.41, 5.74) is 2.70. The number of alkyl halides is 3. The number of rotatable bonds is 9. The Labute approximate surface area is 237 Å². The molecule has 41 heavy (non-hydrogen) atoms. The number of halogens is 3. The first-order chi connectivity index (χ1) is 19.7. The Kier molecular flexibility index (Phi) is 7.66. The third kappa shape index (κ3) is 6.21. The summed E-state index contributed by atoms with van der Waals surface area (Å²) >= 11 is 0.569. The number of piperidine rings is 1. The zero-order chi connectivity index (χ0) is 28.6. The van der Waals surface area contributed by atoms with Crippen molar-refractivity contribution < 1.29 is 32.5 Å². The number of benzene rings is 1. The van der Waals surface area contributed by atoms with Crippen molar-refractivity contribution in [2.24, 2.45) is 0 Å². The molecule has 1 N–H and O–H groups in total. The molecule has 1 aromatic carbocycles. The summed E-state index contributed by atoms with van der Waals surface area (Å²) in [6.45, 7) is 3.61. The second-order valence-electron chi connectivity index (χ2n) is 10.3. The molecule has 0 spiro atoms. The number of pyridine rings is 1. The highest BCUT2D eigenvalue weighted by Crippen LogP contribution is 2.34. The molecule has 1 atom stereocenters. The van der Waals surface area contributed by atoms with E-state index < -0.39 is 17.0 Å². The number of carbonyl (C=O) groups is 1. The van der Waals surface area contributed by atoms with Crippen molar-refractivity contribution in [2.45, 2.75) is 57.2 Å². The molecular weight excluding hydrogens is 559 g/mol. The highest BCUT2D eigenvalue weighted by Gasteiger charge is 2.33. The van der Waals surface area contributed by atoms with Crippen molar-refractivity contribution in [1.29, 1.82) is 0 Å². The maximum atomic E-state index is 12.8. The summed E-state index contributed by atoms with van der Waals surface area (Å²) in [5.74, 6) is 0.513. The monoisotopic (exact) mass is 587 g/mol. The van der Waals surface area contributed by atoms with Crippen molar-refractivity contribution in [3.63, 3.8) is 0 Å². The molecule has 5 heterocycles. The Bertz CT molecular complexity index is 1540. The Balaban J connectivity index is 1.09. The summed E-state index contributed by atoms with van der Waals surface area (Å²) in [5, 5.41) is 9.72. The summed E-state index contributed by atoms with van der Waals surface area (Å²) in [6, 6.07) is 10.5. The predicted molar refractivity (Wildman–Crippen MR) is 144 cm³/mol. The molecule has 4 aromatic rings. The standard InChI is InChI=1S/C28H28F3N5O4S/c29-28(30,31)23-13-32-26(41-23)16-40-25-3-1-2-20(34-25)17-6-9-35(10-7-17)15-24-33-21-5-4-18(27(37)38)12-22(21)36(24)14-19-8-11-39-19/h1-5,12-13,17,19H,6-11,14-16H2,(H,37,38). The molecule has 3 aromatic heterocycles. The maximum absolute atomic E-state index is 12.8. The number of carboxylic acids is 1. The van der Waals surface area contributed by atoms with Crippen molar-refractivity contribution in [2.75, 3.05) is 19.7 Å². The summed E-state index contributed by atoms with van der Waals surface area (Å²) < 4.78 is 51.9. The number of hydrogen-bond donors (Lipinski definition) is 1. The summed E-state index contributed by atoms with van der Waals surface area (Å²) in [7, 11) is 0. The number of ether oxygens (including phenoxy) is 2. The van der Waals surface area contributed by atoms with Crippen molar-refractivity contribution >= 4 is 28.3 Å². The molecule has 2 fully saturated rings. The van der Waals surface area contributed by atoms with E-state index in [1.54, 1.807) is 24.3 Å². The minimum Gasteiger partial charge on any atom is -0.478 e. The Hall–Kier alpha value is -3.55. The lowest BCUT2D eigenvalue weighted by molar-refractivity contribution is -0.134. The van der Waals surface area contributed by atoms with Gasteiger partial charge in [-0.15, -0.1) is 11.3 Å². The summed E-state index contributed by atoms with van der Waals surface area (Å²) in [4.78, 5) is 26.4. The van der Waals surface area contributed by atoms with Crippen LogP contribution in [0.3, 0.4) is 0 Å². The minimum atomic E-state index is -4.41. The number of aromatic nitrogens is 4. The normalized spacial score (nSPS) is 18.5. The van der Waals surface area contributed by atoms with Gasteiger partial charge in [-0.05, 0) is 56.6 Å². The molecule has 0 radical (unpaired) electrons. The van der Waals surface area contributed by atoms with Crippen LogP contribution in [0.2, 0.25) is 0 Å². The van der Waals surface area contributed by atoms with E-state index in [0.717, 1.165) is 67.7 Å². The zero-order valence-corrected chi connectivity index (χ0v) is 22.8. The fourth-order valence-electron chi connectivity index (χ4n) is 5.23. The van der Waals surface area contributed by atoms with Gasteiger partial charge in [0, 0.05) is 24.3 Å². The lowest BCUT2D eigenvalue weighted by Crippen LogP contribution is -2.35. The quantitative estimate of drug-likeness (QED) is 0.280. The van der Waals surface area contributed by atoms with Crippen molar-refractivity contribution in [3.8, 4) is 5.88 Å². The smallest absolute Gasteiger partial charge is 0.427 e. The number of likely N-dealkylation sites (tertiary alicyclic amines) is 1. The number of carboxylic acid groups (broad SMARTS) is 1. The van der Waals surface area contributed by atoms with Gasteiger partial charge < -0.3 is 19.1 Å². The second-order valence-corrected chi connectivity index (χ2v) is 11.4. The van der Waals surface area contributed by atoms with Crippen LogP contribution in [0.25, 0.3) is 11.0 Å². The van der Waals surface area contributed by atoms with Gasteiger partial charge in [-0.2, -0.15) is 13.2 Å². The van der Waals surface area contributed by atoms with E-state index in [0.29, 0.717) is 30.3 Å². The van der Waals surface area contributed by atoms with E-state index >= 15 is 0 Å². The number of nitrogens with zero attached hydrogens (tertiary/aromatic N) is 5. The number of aromatic carboxylic acids is 1. The summed E-state index contributed by atoms with van der Waals surface area (Å²) in [6.07, 6.45) is -0.750. The molecule has 2 saturated heterocycles. The second kappa shape index (κ2) is 11.4. The molecule has 0 saturated carbocycles. The van der Waals surface area contributed by atoms with Crippen LogP contribution in [0.5, 0.6) is 5.88 Å². The number of fused-ring (bicyclic) bond motifs is 1. The third-order valence-electron chi connectivity index (χ3n) is 7.55. The molecule has 2 aliphatic heterocycles. The van der Waals surface area contributed by atoms with Crippen LogP contribution in [0.15, 0.2) is 42.6 Å². The van der Waals surface area contributed by atoms with Crippen LogP contribution >= 0.6 is 11.3 Å². The molecule has 6 rings (SSSR count). The van der Waals surface area contributed by atoms with Gasteiger partial charge in [-0.25, -0.2) is 19.7 Å². The Morgan fingerprint density at radius 1 is 1.15 bits per heavy atom. The average Bonchev–Trinajstić information content (AvgIpc) is 3.54. The molecule has 216 valence electrons. The van der Waals surface area contributed by atoms with Gasteiger partial charge in [0.15, 0.2) is 0 Å². The lowest BCUT2D eigenvalue weighted by Gasteiger charge is -2.32. The predicted octanol–water partition coefficient (Wildman–Crippen LogP) is 5.35. The molecule has 13 heteroatoms. The fraction of sp³-hybridized carbons (Fsp3) is 0.429. The van der Waals surface area contributed by atoms with E-state index in [-0.39, 0.29) is 29.2 Å². The zero-order valence-electron chi connectivity index (χ0n) is 22.0. The topological polar surface area (TPSA) is 103 Å². The molecule has 0 bridgehead atoms. The Morgan fingerprint density at radius 3 is 2.63 bits per heavy atom. The largest absolute Gasteiger partial charge is 0.478 e. The van der Waals surface area contributed by atoms with Crippen LogP contribution in [0, 0.1) is 0 Å². The average molecular weight is 588 g/mol. The van der Waals surface area contributed by atoms with Gasteiger partial charge >= 0.3 is 12.1 Å². The fourth-order valence-corrected chi connectivity index (χ4v) is 5.93. The molecule has 2 aliphatic rings. The lowest BCUT2D eigenvalue weighted by atomic mass is 9.93. The first-order valence-electron chi connectivity index (χ1n) is 13.4. The van der Waals surface area contributed by atoms with E-state index in [2.05, 4.69) is 19.4 Å². The van der Waals surface area contributed by atoms with Gasteiger partial charge in [-0.3, -0.25) is 4.90 Å². The van der Waals surface area contributed by atoms with Crippen LogP contribution in [0.4, 0.5) is 13.2 Å². The Morgan fingerprint density at radius 2 is 1.95 bits per heavy atom. The minimum absolute atomic E-state index is 0.0729. The highest BCUT2D eigenvalue weighted by molar-refractivity contribution is 7.11. The molecule has 9 nitrogen and oxygen atoms in total. The SMILES string of the molecule is O=C(O)c1ccc2nc(CN3CCC(c4cccc(OCc5ncc(C(F)(F)F)s5)n4)CC3)n(CC3CCO3)c2c1. The van der Waals surface area contributed by atoms with Gasteiger partial charge in [-0.1, -0.05) is 6.07 Å². The van der Waals surface area contributed by atoms with E-state index in [1.165, 1.54) is 0 Å². The first-order valence-corrected chi connectivity index (χ1v) is 14.2. The van der Waals surface area contributed by atoms with E-state index in [1.807, 2.05) is 12.1 Å². The maximum Gasteiger partial charge on any atom is 0.427 e. The van der Waals surface area contributed by atoms with E-state index in [9.17, 15) is 23.1 Å². The van der Waals surface area contributed by atoms with Crippen LogP contribution < -0.4 is 4.74 Å². The van der Waals surface area contributed by atoms with Crippen LogP contribution in [-0.4, -0.2) is 61.3 Å². The van der Waals surface area contributed by atoms with Gasteiger partial charge in [0.1, 0.15) is 22.3 Å². The number of imidazole rings is 1. The molecule has 0 amide bonds. The van der Waals surface area contributed by atoms with Gasteiger partial charge in [0.2, 0.25) is 5.88 Å². The molecule has 0 aliphatic carbocycles. The molecular formula is C28H28F3N5O4S. The van der Waals surface area contributed by atoms with Crippen LogP contribution in [-0.2, 0) is 30.6 Å². The third-order valence-corrected chi connectivity index (χ3v) is 8.56. The van der Waals surface area contributed by atoms with E-state index in [4.69, 9.17) is 14.5 Å². The highest BCUT2D eigenvalue weighted by atomic mass is 32.1. The van der Waals surface area contributed by atoms with Gasteiger partial charge in [0.25, 0.3) is 0 Å². The van der Waals surface area contributed by atoms with Gasteiger partial charge in [0.05, 0.1) is 42.0 Å². The van der Waals surface area contributed by atoms with Crippen LogP contribution in [0.1, 0.15) is 56.9 Å². The van der Waals surface area contributed by atoms with Crippen molar-refractivity contribution in [3.05, 3.63) is 69.6 Å². The first kappa shape index (κ1) is 27.6. The van der Waals surface area contributed by atoms with Crippen molar-refractivity contribution in [1.82, 2.24) is 24.4 Å². The number of hydrogen-bond acceptors (Lipinski definition) is 8.